The SMILES string of the molecule is CC1CN(Cc2cc(C#CCN)ccc2F)S(=O)(=O)C1. The summed E-state index contributed by atoms with van der Waals surface area (Å²) in [5, 5.41) is 0. The lowest BCUT2D eigenvalue weighted by Gasteiger charge is -2.15. The van der Waals surface area contributed by atoms with Crippen LogP contribution in [0.1, 0.15) is 18.1 Å². The second kappa shape index (κ2) is 5.92. The molecule has 0 aromatic heterocycles. The van der Waals surface area contributed by atoms with E-state index in [1.165, 1.54) is 10.4 Å². The van der Waals surface area contributed by atoms with E-state index in [1.54, 1.807) is 12.1 Å². The molecule has 2 rings (SSSR count). The molecule has 1 unspecified atom stereocenters. The van der Waals surface area contributed by atoms with Gasteiger partial charge in [0.1, 0.15) is 5.82 Å². The summed E-state index contributed by atoms with van der Waals surface area (Å²) < 4.78 is 38.9. The Bertz CT molecular complexity index is 661. The van der Waals surface area contributed by atoms with Crippen LogP contribution in [0.15, 0.2) is 18.2 Å². The fourth-order valence-electron chi connectivity index (χ4n) is 2.26. The maximum absolute atomic E-state index is 13.8. The first-order valence-corrected chi connectivity index (χ1v) is 7.98. The summed E-state index contributed by atoms with van der Waals surface area (Å²) in [6.07, 6.45) is 0. The van der Waals surface area contributed by atoms with Gasteiger partial charge in [-0.15, -0.1) is 0 Å². The molecule has 1 aliphatic rings. The lowest BCUT2D eigenvalue weighted by Crippen LogP contribution is -2.25. The largest absolute Gasteiger partial charge is 0.320 e. The zero-order valence-corrected chi connectivity index (χ0v) is 12.1. The Hall–Kier alpha value is -1.42. The van der Waals surface area contributed by atoms with Gasteiger partial charge in [-0.05, 0) is 24.1 Å². The van der Waals surface area contributed by atoms with Crippen LogP contribution in [-0.4, -0.2) is 31.6 Å². The quantitative estimate of drug-likeness (QED) is 0.825. The van der Waals surface area contributed by atoms with Crippen LogP contribution in [0.2, 0.25) is 0 Å². The van der Waals surface area contributed by atoms with E-state index in [4.69, 9.17) is 5.73 Å². The van der Waals surface area contributed by atoms with Crippen molar-refractivity contribution in [3.63, 3.8) is 0 Å². The van der Waals surface area contributed by atoms with E-state index in [9.17, 15) is 12.8 Å². The Kier molecular flexibility index (Phi) is 4.43. The third-order valence-electron chi connectivity index (χ3n) is 3.13. The van der Waals surface area contributed by atoms with Gasteiger partial charge in [-0.1, -0.05) is 18.8 Å². The van der Waals surface area contributed by atoms with Gasteiger partial charge in [-0.2, -0.15) is 4.31 Å². The van der Waals surface area contributed by atoms with Crippen LogP contribution in [0.3, 0.4) is 0 Å². The summed E-state index contributed by atoms with van der Waals surface area (Å²) in [6.45, 7) is 2.58. The number of rotatable bonds is 2. The average molecular weight is 296 g/mol. The lowest BCUT2D eigenvalue weighted by atomic mass is 10.1. The molecule has 1 aromatic rings. The van der Waals surface area contributed by atoms with E-state index < -0.39 is 15.8 Å². The summed E-state index contributed by atoms with van der Waals surface area (Å²) in [4.78, 5) is 0. The van der Waals surface area contributed by atoms with Crippen molar-refractivity contribution >= 4 is 10.0 Å². The first kappa shape index (κ1) is 15.0. The Balaban J connectivity index is 2.25. The van der Waals surface area contributed by atoms with Crippen LogP contribution in [0.5, 0.6) is 0 Å². The monoisotopic (exact) mass is 296 g/mol. The Morgan fingerprint density at radius 2 is 2.25 bits per heavy atom. The number of nitrogens with zero attached hydrogens (tertiary/aromatic N) is 1. The molecule has 0 radical (unpaired) electrons. The predicted molar refractivity (Wildman–Crippen MR) is 75.7 cm³/mol. The van der Waals surface area contributed by atoms with Gasteiger partial charge in [0.2, 0.25) is 10.0 Å². The predicted octanol–water partition coefficient (Wildman–Crippen LogP) is 0.917. The Morgan fingerprint density at radius 3 is 2.85 bits per heavy atom. The minimum atomic E-state index is -3.27. The first-order valence-electron chi connectivity index (χ1n) is 6.37. The van der Waals surface area contributed by atoms with E-state index in [2.05, 4.69) is 11.8 Å². The molecule has 0 bridgehead atoms. The second-order valence-corrected chi connectivity index (χ2v) is 7.00. The van der Waals surface area contributed by atoms with Crippen molar-refractivity contribution in [2.75, 3.05) is 18.8 Å². The molecule has 1 heterocycles. The van der Waals surface area contributed by atoms with Gasteiger partial charge in [-0.3, -0.25) is 0 Å². The zero-order chi connectivity index (χ0) is 14.8. The highest BCUT2D eigenvalue weighted by atomic mass is 32.2. The maximum atomic E-state index is 13.8. The summed E-state index contributed by atoms with van der Waals surface area (Å²) >= 11 is 0. The van der Waals surface area contributed by atoms with E-state index in [1.807, 2.05) is 6.92 Å². The molecular weight excluding hydrogens is 279 g/mol. The highest BCUT2D eigenvalue weighted by Gasteiger charge is 2.33. The fraction of sp³-hybridized carbons (Fsp3) is 0.429. The molecule has 0 spiro atoms. The number of nitrogens with two attached hydrogens (primary N) is 1. The topological polar surface area (TPSA) is 63.4 Å². The summed E-state index contributed by atoms with van der Waals surface area (Å²) in [5.74, 6) is 5.29. The third kappa shape index (κ3) is 3.37. The summed E-state index contributed by atoms with van der Waals surface area (Å²) in [7, 11) is -3.27. The molecule has 20 heavy (non-hydrogen) atoms. The highest BCUT2D eigenvalue weighted by molar-refractivity contribution is 7.89. The minimum Gasteiger partial charge on any atom is -0.320 e. The summed E-state index contributed by atoms with van der Waals surface area (Å²) in [5.41, 5.74) is 6.27. The number of hydrogen-bond donors (Lipinski definition) is 1. The molecule has 6 heteroatoms. The van der Waals surface area contributed by atoms with Gasteiger partial charge in [0.05, 0.1) is 12.3 Å². The number of hydrogen-bond acceptors (Lipinski definition) is 3. The molecule has 1 fully saturated rings. The van der Waals surface area contributed by atoms with Gasteiger partial charge in [0.15, 0.2) is 0 Å². The molecular formula is C14H17FN2O2S. The van der Waals surface area contributed by atoms with Crippen LogP contribution in [0.4, 0.5) is 4.39 Å². The molecule has 1 atom stereocenters. The van der Waals surface area contributed by atoms with Gasteiger partial charge in [-0.25, -0.2) is 12.8 Å². The number of halogens is 1. The molecule has 0 amide bonds. The van der Waals surface area contributed by atoms with Crippen LogP contribution < -0.4 is 5.73 Å². The molecule has 1 aliphatic heterocycles. The van der Waals surface area contributed by atoms with E-state index in [0.717, 1.165) is 0 Å². The van der Waals surface area contributed by atoms with Crippen molar-refractivity contribution in [2.24, 2.45) is 11.7 Å². The van der Waals surface area contributed by atoms with Crippen molar-refractivity contribution in [1.82, 2.24) is 4.31 Å². The van der Waals surface area contributed by atoms with Gasteiger partial charge in [0.25, 0.3) is 0 Å². The molecule has 0 saturated carbocycles. The van der Waals surface area contributed by atoms with Crippen molar-refractivity contribution in [1.29, 1.82) is 0 Å². The minimum absolute atomic E-state index is 0.0522. The first-order chi connectivity index (χ1) is 9.42. The molecule has 108 valence electrons. The van der Waals surface area contributed by atoms with Gasteiger partial charge in [0, 0.05) is 24.2 Å². The zero-order valence-electron chi connectivity index (χ0n) is 11.3. The van der Waals surface area contributed by atoms with Crippen molar-refractivity contribution in [3.8, 4) is 11.8 Å². The Morgan fingerprint density at radius 1 is 1.50 bits per heavy atom. The Labute approximate surface area is 118 Å². The molecule has 2 N–H and O–H groups in total. The number of sulfonamides is 1. The van der Waals surface area contributed by atoms with Gasteiger partial charge >= 0.3 is 0 Å². The van der Waals surface area contributed by atoms with Crippen LogP contribution >= 0.6 is 0 Å². The second-order valence-electron chi connectivity index (χ2n) is 4.99. The lowest BCUT2D eigenvalue weighted by molar-refractivity contribution is 0.401. The van der Waals surface area contributed by atoms with Gasteiger partial charge < -0.3 is 5.73 Å². The molecule has 1 saturated heterocycles. The van der Waals surface area contributed by atoms with Crippen LogP contribution in [-0.2, 0) is 16.6 Å². The van der Waals surface area contributed by atoms with E-state index in [0.29, 0.717) is 17.7 Å². The third-order valence-corrected chi connectivity index (χ3v) is 5.19. The smallest absolute Gasteiger partial charge is 0.214 e. The number of benzene rings is 1. The standard InChI is InChI=1S/C14H17FN2O2S/c1-11-8-17(20(18,19)10-11)9-13-7-12(3-2-6-16)4-5-14(13)15/h4-5,7,11H,6,8-10,16H2,1H3. The fourth-order valence-corrected chi connectivity index (χ4v) is 4.11. The normalized spacial score (nSPS) is 21.4. The average Bonchev–Trinajstić information content (AvgIpc) is 2.63. The molecule has 0 aliphatic carbocycles. The highest BCUT2D eigenvalue weighted by Crippen LogP contribution is 2.23. The van der Waals surface area contributed by atoms with Crippen molar-refractivity contribution < 1.29 is 12.8 Å². The van der Waals surface area contributed by atoms with Crippen molar-refractivity contribution in [3.05, 3.63) is 35.1 Å². The van der Waals surface area contributed by atoms with E-state index >= 15 is 0 Å². The van der Waals surface area contributed by atoms with Crippen molar-refractivity contribution in [2.45, 2.75) is 13.5 Å². The molecule has 1 aromatic carbocycles. The summed E-state index contributed by atoms with van der Waals surface area (Å²) in [6, 6.07) is 4.45. The maximum Gasteiger partial charge on any atom is 0.214 e. The van der Waals surface area contributed by atoms with Crippen LogP contribution in [0, 0.1) is 23.6 Å². The van der Waals surface area contributed by atoms with E-state index in [-0.39, 0.29) is 24.8 Å². The van der Waals surface area contributed by atoms with Crippen LogP contribution in [0.25, 0.3) is 0 Å². The molecule has 4 nitrogen and oxygen atoms in total.